The number of anilines is 1. The largest absolute Gasteiger partial charge is 0.304 e. The second-order valence-corrected chi connectivity index (χ2v) is 9.01. The SMILES string of the molecule is CCn1cc(-c2ccnc3c(C(=O)Nc4nn(Cc5c(Cl)cccc5Cl)cc4Cl)cnn23)c(C)n1. The van der Waals surface area contributed by atoms with E-state index in [1.165, 1.54) is 6.20 Å². The maximum absolute atomic E-state index is 13.1. The summed E-state index contributed by atoms with van der Waals surface area (Å²) >= 11 is 18.9. The fraction of sp³-hybridized carbons (Fsp3) is 0.174. The number of amides is 1. The molecular formula is C23H19Cl3N8O. The smallest absolute Gasteiger partial charge is 0.262 e. The van der Waals surface area contributed by atoms with Gasteiger partial charge in [-0.25, -0.2) is 9.50 Å². The predicted octanol–water partition coefficient (Wildman–Crippen LogP) is 5.38. The zero-order valence-corrected chi connectivity index (χ0v) is 21.0. The summed E-state index contributed by atoms with van der Waals surface area (Å²) in [5.74, 6) is -0.232. The lowest BCUT2D eigenvalue weighted by atomic mass is 10.2. The summed E-state index contributed by atoms with van der Waals surface area (Å²) in [6.07, 6.45) is 6.65. The minimum absolute atomic E-state index is 0.204. The fourth-order valence-electron chi connectivity index (χ4n) is 3.77. The van der Waals surface area contributed by atoms with E-state index in [9.17, 15) is 4.79 Å². The molecule has 1 aromatic carbocycles. The van der Waals surface area contributed by atoms with E-state index in [1.807, 2.05) is 30.8 Å². The molecule has 35 heavy (non-hydrogen) atoms. The van der Waals surface area contributed by atoms with Crippen molar-refractivity contribution in [2.24, 2.45) is 0 Å². The molecule has 9 nitrogen and oxygen atoms in total. The number of nitrogens with zero attached hydrogens (tertiary/aromatic N) is 7. The van der Waals surface area contributed by atoms with E-state index in [0.29, 0.717) is 27.8 Å². The molecule has 0 spiro atoms. The molecule has 0 bridgehead atoms. The number of carbonyl (C=O) groups excluding carboxylic acids is 1. The van der Waals surface area contributed by atoms with Crippen LogP contribution in [0.5, 0.6) is 0 Å². The number of rotatable bonds is 6. The number of hydrogen-bond donors (Lipinski definition) is 1. The minimum Gasteiger partial charge on any atom is -0.304 e. The van der Waals surface area contributed by atoms with Crippen molar-refractivity contribution in [3.8, 4) is 11.3 Å². The van der Waals surface area contributed by atoms with Gasteiger partial charge in [-0.1, -0.05) is 40.9 Å². The number of hydrogen-bond acceptors (Lipinski definition) is 5. The van der Waals surface area contributed by atoms with Gasteiger partial charge in [-0.3, -0.25) is 14.2 Å². The van der Waals surface area contributed by atoms with Gasteiger partial charge in [0.05, 0.1) is 24.1 Å². The molecule has 1 amide bonds. The molecule has 1 N–H and O–H groups in total. The standard InChI is InChI=1S/C23H19Cl3N8O/c1-3-32-10-15(13(2)30-32)20-7-8-27-22-14(9-28-34(20)22)23(35)29-21-19(26)12-33(31-21)11-16-17(24)5-4-6-18(16)25/h4-10,12H,3,11H2,1-2H3,(H,29,31,35). The van der Waals surface area contributed by atoms with Gasteiger partial charge in [-0.15, -0.1) is 0 Å². The number of aryl methyl sites for hydroxylation is 2. The van der Waals surface area contributed by atoms with Crippen LogP contribution in [0.15, 0.2) is 49.1 Å². The van der Waals surface area contributed by atoms with Crippen molar-refractivity contribution in [1.29, 1.82) is 0 Å². The number of halogens is 3. The first kappa shape index (κ1) is 23.3. The fourth-order valence-corrected chi connectivity index (χ4v) is 4.48. The number of benzene rings is 1. The Kier molecular flexibility index (Phi) is 6.22. The Hall–Kier alpha value is -3.40. The minimum atomic E-state index is -0.437. The molecule has 0 atom stereocenters. The molecular weight excluding hydrogens is 511 g/mol. The molecule has 0 aliphatic rings. The molecule has 4 heterocycles. The highest BCUT2D eigenvalue weighted by molar-refractivity contribution is 6.36. The zero-order chi connectivity index (χ0) is 24.7. The summed E-state index contributed by atoms with van der Waals surface area (Å²) in [5.41, 5.74) is 3.94. The van der Waals surface area contributed by atoms with Gasteiger partial charge >= 0.3 is 0 Å². The highest BCUT2D eigenvalue weighted by Gasteiger charge is 2.20. The Balaban J connectivity index is 1.42. The average Bonchev–Trinajstić information content (AvgIpc) is 3.53. The Bertz CT molecular complexity index is 1550. The normalized spacial score (nSPS) is 11.3. The van der Waals surface area contributed by atoms with Crippen molar-refractivity contribution in [1.82, 2.24) is 34.2 Å². The quantitative estimate of drug-likeness (QED) is 0.319. The number of fused-ring (bicyclic) bond motifs is 1. The number of nitrogens with one attached hydrogen (secondary N) is 1. The molecule has 4 aromatic heterocycles. The van der Waals surface area contributed by atoms with Crippen LogP contribution in [0.2, 0.25) is 15.1 Å². The summed E-state index contributed by atoms with van der Waals surface area (Å²) in [5, 5.41) is 17.3. The van der Waals surface area contributed by atoms with Crippen LogP contribution in [0.4, 0.5) is 5.82 Å². The average molecular weight is 530 g/mol. The third-order valence-electron chi connectivity index (χ3n) is 5.52. The summed E-state index contributed by atoms with van der Waals surface area (Å²) in [6.45, 7) is 4.99. The third-order valence-corrected chi connectivity index (χ3v) is 6.51. The maximum Gasteiger partial charge on any atom is 0.262 e. The van der Waals surface area contributed by atoms with E-state index in [-0.39, 0.29) is 16.4 Å². The monoisotopic (exact) mass is 528 g/mol. The van der Waals surface area contributed by atoms with Crippen LogP contribution in [0.25, 0.3) is 16.9 Å². The molecule has 5 aromatic rings. The Morgan fingerprint density at radius 2 is 1.80 bits per heavy atom. The lowest BCUT2D eigenvalue weighted by Crippen LogP contribution is -2.13. The van der Waals surface area contributed by atoms with E-state index < -0.39 is 5.91 Å². The Morgan fingerprint density at radius 1 is 1.03 bits per heavy atom. The Morgan fingerprint density at radius 3 is 2.51 bits per heavy atom. The summed E-state index contributed by atoms with van der Waals surface area (Å²) in [4.78, 5) is 17.5. The van der Waals surface area contributed by atoms with Crippen LogP contribution in [0, 0.1) is 6.92 Å². The van der Waals surface area contributed by atoms with Gasteiger partial charge in [0, 0.05) is 46.3 Å². The van der Waals surface area contributed by atoms with E-state index in [0.717, 1.165) is 23.5 Å². The first-order valence-corrected chi connectivity index (χ1v) is 11.8. The van der Waals surface area contributed by atoms with Gasteiger partial charge in [-0.05, 0) is 32.0 Å². The maximum atomic E-state index is 13.1. The topological polar surface area (TPSA) is 94.9 Å². The molecule has 5 rings (SSSR count). The van der Waals surface area contributed by atoms with Gasteiger partial charge in [0.2, 0.25) is 0 Å². The molecule has 0 saturated heterocycles. The van der Waals surface area contributed by atoms with Crippen LogP contribution in [0.3, 0.4) is 0 Å². The van der Waals surface area contributed by atoms with E-state index >= 15 is 0 Å². The van der Waals surface area contributed by atoms with Crippen LogP contribution in [-0.4, -0.2) is 40.1 Å². The van der Waals surface area contributed by atoms with Crippen LogP contribution >= 0.6 is 34.8 Å². The van der Waals surface area contributed by atoms with Gasteiger partial charge in [0.25, 0.3) is 5.91 Å². The van der Waals surface area contributed by atoms with Crippen LogP contribution in [0.1, 0.15) is 28.5 Å². The van der Waals surface area contributed by atoms with Gasteiger partial charge in [-0.2, -0.15) is 15.3 Å². The molecule has 178 valence electrons. The summed E-state index contributed by atoms with van der Waals surface area (Å²) in [7, 11) is 0. The highest BCUT2D eigenvalue weighted by atomic mass is 35.5. The molecule has 12 heteroatoms. The molecule has 0 aliphatic heterocycles. The first-order valence-electron chi connectivity index (χ1n) is 10.7. The number of aromatic nitrogens is 7. The van der Waals surface area contributed by atoms with Gasteiger partial charge in [0.1, 0.15) is 10.6 Å². The molecule has 0 aliphatic carbocycles. The van der Waals surface area contributed by atoms with Crippen molar-refractivity contribution < 1.29 is 4.79 Å². The molecule has 0 unspecified atom stereocenters. The van der Waals surface area contributed by atoms with Crippen molar-refractivity contribution in [2.75, 3.05) is 5.32 Å². The summed E-state index contributed by atoms with van der Waals surface area (Å²) in [6, 6.07) is 7.10. The molecule has 0 saturated carbocycles. The van der Waals surface area contributed by atoms with Crippen molar-refractivity contribution in [2.45, 2.75) is 26.9 Å². The molecule has 0 radical (unpaired) electrons. The van der Waals surface area contributed by atoms with Crippen molar-refractivity contribution in [3.05, 3.63) is 80.9 Å². The van der Waals surface area contributed by atoms with E-state index in [2.05, 4.69) is 25.6 Å². The predicted molar refractivity (Wildman–Crippen MR) is 135 cm³/mol. The van der Waals surface area contributed by atoms with Crippen molar-refractivity contribution in [3.63, 3.8) is 0 Å². The third kappa shape index (κ3) is 4.38. The van der Waals surface area contributed by atoms with Gasteiger partial charge in [0.15, 0.2) is 11.5 Å². The number of carbonyl (C=O) groups is 1. The Labute approximate surface area is 215 Å². The van der Waals surface area contributed by atoms with Crippen LogP contribution in [-0.2, 0) is 13.1 Å². The second kappa shape index (κ2) is 9.33. The molecule has 0 fully saturated rings. The zero-order valence-electron chi connectivity index (χ0n) is 18.7. The lowest BCUT2D eigenvalue weighted by molar-refractivity contribution is 0.102. The lowest BCUT2D eigenvalue weighted by Gasteiger charge is -2.07. The van der Waals surface area contributed by atoms with Crippen molar-refractivity contribution >= 4 is 52.2 Å². The van der Waals surface area contributed by atoms with Crippen LogP contribution < -0.4 is 5.32 Å². The first-order chi connectivity index (χ1) is 16.9. The van der Waals surface area contributed by atoms with E-state index in [1.54, 1.807) is 39.8 Å². The summed E-state index contributed by atoms with van der Waals surface area (Å²) < 4.78 is 5.03. The van der Waals surface area contributed by atoms with Gasteiger partial charge < -0.3 is 5.32 Å². The second-order valence-electron chi connectivity index (χ2n) is 7.79. The highest BCUT2D eigenvalue weighted by Crippen LogP contribution is 2.28. The van der Waals surface area contributed by atoms with E-state index in [4.69, 9.17) is 34.8 Å².